The molecular formula is C29H27F2N3O8S. The molecule has 1 saturated heterocycles. The van der Waals surface area contributed by atoms with Gasteiger partial charge >= 0.3 is 12.4 Å². The van der Waals surface area contributed by atoms with E-state index in [9.17, 15) is 23.9 Å². The molecule has 3 aromatic rings. The molecule has 11 nitrogen and oxygen atoms in total. The largest absolute Gasteiger partial charge is 0.467 e. The number of thioether (sulfide) groups is 1. The van der Waals surface area contributed by atoms with Crippen LogP contribution in [0.5, 0.6) is 5.75 Å². The monoisotopic (exact) mass is 615 g/mol. The lowest BCUT2D eigenvalue weighted by Crippen LogP contribution is -2.66. The zero-order chi connectivity index (χ0) is 30.4. The summed E-state index contributed by atoms with van der Waals surface area (Å²) in [5, 5.41) is 12.3. The number of halogens is 2. The Balaban J connectivity index is 1.54. The topological polar surface area (TPSA) is 120 Å². The maximum Gasteiger partial charge on any atom is 0.334 e. The van der Waals surface area contributed by atoms with Crippen molar-refractivity contribution in [2.75, 3.05) is 31.9 Å². The van der Waals surface area contributed by atoms with Crippen LogP contribution in [0, 0.1) is 11.6 Å². The van der Waals surface area contributed by atoms with Crippen molar-refractivity contribution in [1.29, 1.82) is 0 Å². The number of aliphatic hydroxyl groups is 1. The van der Waals surface area contributed by atoms with Crippen LogP contribution >= 0.6 is 11.8 Å². The summed E-state index contributed by atoms with van der Waals surface area (Å²) < 4.78 is 52.2. The van der Waals surface area contributed by atoms with E-state index in [0.29, 0.717) is 5.56 Å². The second-order valence-corrected chi connectivity index (χ2v) is 11.0. The molecule has 6 rings (SSSR count). The molecule has 0 saturated carbocycles. The summed E-state index contributed by atoms with van der Waals surface area (Å²) in [6.45, 7) is -0.322. The number of rotatable bonds is 6. The van der Waals surface area contributed by atoms with Crippen molar-refractivity contribution in [2.45, 2.75) is 42.4 Å². The van der Waals surface area contributed by atoms with E-state index in [2.05, 4.69) is 4.74 Å². The van der Waals surface area contributed by atoms with Crippen LogP contribution in [0.15, 0.2) is 58.4 Å². The SMILES string of the molecule is COC(=O)[C@H](C)OC(O)Oc1c2n(ccc1=O)N([C@@H]1c3ccccc3SCc3c1ccc(F)c3F)[C@@H]1COCCN1C2=O. The van der Waals surface area contributed by atoms with Crippen molar-refractivity contribution >= 4 is 23.6 Å². The van der Waals surface area contributed by atoms with Gasteiger partial charge in [-0.3, -0.25) is 19.3 Å². The molecule has 1 aromatic heterocycles. The number of ether oxygens (including phenoxy) is 4. The molecule has 3 aliphatic heterocycles. The van der Waals surface area contributed by atoms with Gasteiger partial charge in [-0.05, 0) is 30.2 Å². The summed E-state index contributed by atoms with van der Waals surface area (Å²) in [4.78, 5) is 41.2. The molecule has 226 valence electrons. The Morgan fingerprint density at radius 1 is 1.14 bits per heavy atom. The third-order valence-corrected chi connectivity index (χ3v) is 8.72. The molecule has 1 amide bonds. The number of esters is 1. The first kappa shape index (κ1) is 29.1. The van der Waals surface area contributed by atoms with Crippen LogP contribution in [0.25, 0.3) is 0 Å². The van der Waals surface area contributed by atoms with Crippen LogP contribution in [0.1, 0.15) is 40.1 Å². The van der Waals surface area contributed by atoms with Crippen molar-refractivity contribution in [2.24, 2.45) is 0 Å². The third-order valence-electron chi connectivity index (χ3n) is 7.61. The number of fused-ring (bicyclic) bond motifs is 4. The number of aliphatic hydroxyl groups excluding tert-OH is 1. The van der Waals surface area contributed by atoms with Gasteiger partial charge in [-0.1, -0.05) is 24.3 Å². The first-order valence-corrected chi connectivity index (χ1v) is 14.4. The molecule has 4 heterocycles. The molecule has 14 heteroatoms. The van der Waals surface area contributed by atoms with E-state index in [1.165, 1.54) is 40.5 Å². The van der Waals surface area contributed by atoms with Gasteiger partial charge in [0.2, 0.25) is 11.2 Å². The Morgan fingerprint density at radius 3 is 2.72 bits per heavy atom. The Kier molecular flexibility index (Phi) is 7.85. The lowest BCUT2D eigenvalue weighted by atomic mass is 9.93. The number of carbonyl (C=O) groups excluding carboxylic acids is 2. The number of amides is 1. The van der Waals surface area contributed by atoms with Crippen molar-refractivity contribution in [3.05, 3.63) is 92.9 Å². The fourth-order valence-corrected chi connectivity index (χ4v) is 6.72. The van der Waals surface area contributed by atoms with E-state index >= 15 is 4.39 Å². The van der Waals surface area contributed by atoms with Gasteiger partial charge in [0.1, 0.15) is 6.17 Å². The van der Waals surface area contributed by atoms with Crippen LogP contribution in [0.2, 0.25) is 0 Å². The molecule has 2 aromatic carbocycles. The second-order valence-electron chi connectivity index (χ2n) is 10.0. The average Bonchev–Trinajstić information content (AvgIpc) is 3.17. The van der Waals surface area contributed by atoms with Crippen molar-refractivity contribution < 1.29 is 42.4 Å². The summed E-state index contributed by atoms with van der Waals surface area (Å²) in [7, 11) is 1.14. The van der Waals surface area contributed by atoms with Gasteiger partial charge in [-0.25, -0.2) is 13.6 Å². The van der Waals surface area contributed by atoms with Crippen LogP contribution in [-0.4, -0.2) is 72.2 Å². The van der Waals surface area contributed by atoms with Gasteiger partial charge in [0.05, 0.1) is 26.4 Å². The van der Waals surface area contributed by atoms with Gasteiger partial charge in [0.25, 0.3) is 5.91 Å². The number of nitrogens with zero attached hydrogens (tertiary/aromatic N) is 3. The highest BCUT2D eigenvalue weighted by atomic mass is 32.2. The molecule has 1 unspecified atom stereocenters. The predicted octanol–water partition coefficient (Wildman–Crippen LogP) is 2.50. The fourth-order valence-electron chi connectivity index (χ4n) is 5.61. The van der Waals surface area contributed by atoms with Gasteiger partial charge in [0.15, 0.2) is 23.4 Å². The quantitative estimate of drug-likeness (QED) is 0.327. The van der Waals surface area contributed by atoms with Gasteiger partial charge < -0.3 is 29.0 Å². The zero-order valence-corrected chi connectivity index (χ0v) is 23.9. The Morgan fingerprint density at radius 2 is 1.93 bits per heavy atom. The zero-order valence-electron chi connectivity index (χ0n) is 23.1. The number of morpholine rings is 1. The molecule has 43 heavy (non-hydrogen) atoms. The normalized spacial score (nSPS) is 20.6. The van der Waals surface area contributed by atoms with Crippen LogP contribution in [0.3, 0.4) is 0 Å². The number of methoxy groups -OCH3 is 1. The summed E-state index contributed by atoms with van der Waals surface area (Å²) in [6.07, 6.45) is -0.574. The molecular weight excluding hydrogens is 588 g/mol. The Hall–Kier alpha value is -3.98. The van der Waals surface area contributed by atoms with Crippen LogP contribution in [-0.2, 0) is 24.8 Å². The molecule has 1 N–H and O–H groups in total. The molecule has 0 spiro atoms. The predicted molar refractivity (Wildman–Crippen MR) is 148 cm³/mol. The third kappa shape index (κ3) is 5.03. The van der Waals surface area contributed by atoms with E-state index in [4.69, 9.17) is 14.2 Å². The summed E-state index contributed by atoms with van der Waals surface area (Å²) in [6, 6.07) is 10.4. The minimum Gasteiger partial charge on any atom is -0.467 e. The molecule has 0 radical (unpaired) electrons. The molecule has 4 atom stereocenters. The van der Waals surface area contributed by atoms with E-state index in [1.54, 1.807) is 5.01 Å². The molecule has 0 aliphatic carbocycles. The minimum absolute atomic E-state index is 0.0840. The Labute approximate surface area is 248 Å². The van der Waals surface area contributed by atoms with Crippen molar-refractivity contribution in [1.82, 2.24) is 9.58 Å². The first-order valence-electron chi connectivity index (χ1n) is 13.4. The lowest BCUT2D eigenvalue weighted by Gasteiger charge is -2.51. The first-order chi connectivity index (χ1) is 20.7. The summed E-state index contributed by atoms with van der Waals surface area (Å²) >= 11 is 1.36. The van der Waals surface area contributed by atoms with Crippen molar-refractivity contribution in [3.63, 3.8) is 0 Å². The van der Waals surface area contributed by atoms with E-state index in [0.717, 1.165) is 29.7 Å². The highest BCUT2D eigenvalue weighted by molar-refractivity contribution is 7.98. The second kappa shape index (κ2) is 11.6. The number of pyridine rings is 1. The van der Waals surface area contributed by atoms with Crippen LogP contribution < -0.4 is 15.2 Å². The molecule has 3 aliphatic rings. The Bertz CT molecular complexity index is 1650. The minimum atomic E-state index is -2.11. The smallest absolute Gasteiger partial charge is 0.334 e. The van der Waals surface area contributed by atoms with Crippen LogP contribution in [0.4, 0.5) is 8.78 Å². The molecule has 1 fully saturated rings. The number of carbonyl (C=O) groups is 2. The maximum absolute atomic E-state index is 15.3. The fraction of sp³-hybridized carbons (Fsp3) is 0.345. The van der Waals surface area contributed by atoms with Gasteiger partial charge in [-0.2, -0.15) is 0 Å². The highest BCUT2D eigenvalue weighted by Gasteiger charge is 2.46. The number of benzene rings is 2. The lowest BCUT2D eigenvalue weighted by molar-refractivity contribution is -0.240. The number of hydrogen-bond donors (Lipinski definition) is 1. The molecule has 0 bridgehead atoms. The van der Waals surface area contributed by atoms with E-state index < -0.39 is 59.5 Å². The highest BCUT2D eigenvalue weighted by Crippen LogP contribution is 2.45. The maximum atomic E-state index is 15.3. The average molecular weight is 616 g/mol. The summed E-state index contributed by atoms with van der Waals surface area (Å²) in [5.41, 5.74) is 0.451. The van der Waals surface area contributed by atoms with E-state index in [1.807, 2.05) is 24.3 Å². The number of hydrogen-bond acceptors (Lipinski definition) is 10. The van der Waals surface area contributed by atoms with Gasteiger partial charge in [-0.15, -0.1) is 11.8 Å². The van der Waals surface area contributed by atoms with Crippen molar-refractivity contribution in [3.8, 4) is 5.75 Å². The van der Waals surface area contributed by atoms with Gasteiger partial charge in [0, 0.05) is 35.0 Å². The summed E-state index contributed by atoms with van der Waals surface area (Å²) in [5.74, 6) is -3.66. The number of aromatic nitrogens is 1. The standard InChI is InChI=1S/C29H27F2N3O8S/c1-15(28(37)39-2)41-29(38)42-26-20(35)9-10-33-25(26)27(36)32-11-12-40-13-22(32)34(33)24-16-7-8-19(30)23(31)18(16)14-43-21-6-4-3-5-17(21)24/h3-10,15,22,24,29,38H,11-14H2,1-2H3/t15-,22+,24-,29?/m0/s1. The van der Waals surface area contributed by atoms with E-state index in [-0.39, 0.29) is 36.8 Å².